The number of primary amides is 1. The summed E-state index contributed by atoms with van der Waals surface area (Å²) in [5.41, 5.74) is 11.9. The zero-order chi connectivity index (χ0) is 27.8. The standard InChI is InChI=1S/C25H25F3N8O2/c1-24(2,3)18-12-19(36(34-18)17-8-4-14(5-9-17)25(26,27)28)33-23(38)32-15-6-10-16(11-7-15)35-13-31-20(21(35)29)22(30)37/h4-13H,29H2,1-3H3,(H2,30,37)(H2,32,33,38). The van der Waals surface area contributed by atoms with Crippen molar-refractivity contribution in [2.45, 2.75) is 32.4 Å². The van der Waals surface area contributed by atoms with Crippen molar-refractivity contribution in [2.75, 3.05) is 16.4 Å². The fourth-order valence-corrected chi connectivity index (χ4v) is 3.56. The molecule has 10 nitrogen and oxygen atoms in total. The number of anilines is 3. The number of nitrogens with zero attached hydrogens (tertiary/aromatic N) is 4. The number of carbonyl (C=O) groups excluding carboxylic acids is 2. The first-order chi connectivity index (χ1) is 17.7. The van der Waals surface area contributed by atoms with Gasteiger partial charge in [-0.2, -0.15) is 18.3 Å². The highest BCUT2D eigenvalue weighted by atomic mass is 19.4. The van der Waals surface area contributed by atoms with Crippen LogP contribution < -0.4 is 22.1 Å². The van der Waals surface area contributed by atoms with Crippen molar-refractivity contribution in [2.24, 2.45) is 5.73 Å². The third-order valence-electron chi connectivity index (χ3n) is 5.60. The maximum absolute atomic E-state index is 13.0. The van der Waals surface area contributed by atoms with E-state index in [-0.39, 0.29) is 22.7 Å². The van der Waals surface area contributed by atoms with Crippen molar-refractivity contribution < 1.29 is 22.8 Å². The second kappa shape index (κ2) is 9.57. The molecule has 3 amide bonds. The third-order valence-corrected chi connectivity index (χ3v) is 5.60. The monoisotopic (exact) mass is 526 g/mol. The number of imidazole rings is 1. The van der Waals surface area contributed by atoms with Crippen molar-refractivity contribution in [1.29, 1.82) is 0 Å². The highest BCUT2D eigenvalue weighted by Crippen LogP contribution is 2.31. The Balaban J connectivity index is 1.54. The summed E-state index contributed by atoms with van der Waals surface area (Å²) in [4.78, 5) is 28.1. The minimum absolute atomic E-state index is 0.0501. The van der Waals surface area contributed by atoms with Gasteiger partial charge in [-0.3, -0.25) is 14.7 Å². The molecule has 38 heavy (non-hydrogen) atoms. The molecule has 4 rings (SSSR count). The molecule has 2 heterocycles. The maximum Gasteiger partial charge on any atom is 0.416 e. The van der Waals surface area contributed by atoms with Gasteiger partial charge < -0.3 is 16.8 Å². The number of halogens is 3. The van der Waals surface area contributed by atoms with Crippen LogP contribution in [-0.2, 0) is 11.6 Å². The number of carbonyl (C=O) groups is 2. The molecule has 0 aliphatic heterocycles. The number of nitrogens with one attached hydrogen (secondary N) is 2. The van der Waals surface area contributed by atoms with Crippen LogP contribution in [0.4, 0.5) is 35.3 Å². The first-order valence-electron chi connectivity index (χ1n) is 11.3. The quantitative estimate of drug-likeness (QED) is 0.298. The molecule has 0 spiro atoms. The number of urea groups is 1. The minimum Gasteiger partial charge on any atom is -0.383 e. The Hall–Kier alpha value is -4.81. The highest BCUT2D eigenvalue weighted by Gasteiger charge is 2.30. The van der Waals surface area contributed by atoms with Crippen molar-refractivity contribution in [3.8, 4) is 11.4 Å². The van der Waals surface area contributed by atoms with Crippen LogP contribution in [0, 0.1) is 0 Å². The molecule has 198 valence electrons. The average Bonchev–Trinajstić information content (AvgIpc) is 3.43. The van der Waals surface area contributed by atoms with Crippen molar-refractivity contribution >= 4 is 29.3 Å². The van der Waals surface area contributed by atoms with Crippen LogP contribution in [0.15, 0.2) is 60.9 Å². The molecule has 6 N–H and O–H groups in total. The van der Waals surface area contributed by atoms with Crippen LogP contribution in [0.25, 0.3) is 11.4 Å². The van der Waals surface area contributed by atoms with E-state index in [1.807, 2.05) is 20.8 Å². The Morgan fingerprint density at radius 3 is 2.05 bits per heavy atom. The van der Waals surface area contributed by atoms with E-state index in [9.17, 15) is 22.8 Å². The van der Waals surface area contributed by atoms with E-state index in [0.717, 1.165) is 12.1 Å². The molecule has 0 saturated carbocycles. The Labute approximate surface area is 215 Å². The van der Waals surface area contributed by atoms with E-state index in [4.69, 9.17) is 11.5 Å². The molecule has 0 aliphatic carbocycles. The lowest BCUT2D eigenvalue weighted by Crippen LogP contribution is -2.21. The summed E-state index contributed by atoms with van der Waals surface area (Å²) in [5, 5.41) is 9.91. The van der Waals surface area contributed by atoms with Crippen LogP contribution >= 0.6 is 0 Å². The summed E-state index contributed by atoms with van der Waals surface area (Å²) in [6, 6.07) is 12.1. The van der Waals surface area contributed by atoms with Crippen molar-refractivity contribution in [1.82, 2.24) is 19.3 Å². The van der Waals surface area contributed by atoms with Gasteiger partial charge in [-0.1, -0.05) is 20.8 Å². The number of alkyl halides is 3. The van der Waals surface area contributed by atoms with Gasteiger partial charge in [0.05, 0.1) is 16.9 Å². The summed E-state index contributed by atoms with van der Waals surface area (Å²) in [6.07, 6.45) is -3.11. The number of aromatic nitrogens is 4. The van der Waals surface area contributed by atoms with Gasteiger partial charge in [-0.25, -0.2) is 14.5 Å². The van der Waals surface area contributed by atoms with Crippen LogP contribution in [-0.4, -0.2) is 31.3 Å². The zero-order valence-corrected chi connectivity index (χ0v) is 20.7. The maximum atomic E-state index is 13.0. The van der Waals surface area contributed by atoms with Crippen LogP contribution in [0.2, 0.25) is 0 Å². The molecule has 0 unspecified atom stereocenters. The third kappa shape index (κ3) is 5.45. The molecule has 2 aromatic heterocycles. The number of hydrogen-bond donors (Lipinski definition) is 4. The Morgan fingerprint density at radius 1 is 0.921 bits per heavy atom. The van der Waals surface area contributed by atoms with E-state index in [0.29, 0.717) is 22.8 Å². The van der Waals surface area contributed by atoms with E-state index < -0.39 is 23.7 Å². The summed E-state index contributed by atoms with van der Waals surface area (Å²) >= 11 is 0. The van der Waals surface area contributed by atoms with Crippen LogP contribution in [0.3, 0.4) is 0 Å². The average molecular weight is 527 g/mol. The molecule has 0 fully saturated rings. The van der Waals surface area contributed by atoms with E-state index >= 15 is 0 Å². The number of hydrogen-bond acceptors (Lipinski definition) is 5. The molecule has 0 bridgehead atoms. The largest absolute Gasteiger partial charge is 0.416 e. The summed E-state index contributed by atoms with van der Waals surface area (Å²) in [5.74, 6) is -0.391. The summed E-state index contributed by atoms with van der Waals surface area (Å²) in [7, 11) is 0. The predicted octanol–water partition coefficient (Wildman–Crippen LogP) is 4.70. The lowest BCUT2D eigenvalue weighted by atomic mass is 9.92. The summed E-state index contributed by atoms with van der Waals surface area (Å²) in [6.45, 7) is 5.78. The first kappa shape index (κ1) is 26.3. The lowest BCUT2D eigenvalue weighted by molar-refractivity contribution is -0.137. The SMILES string of the molecule is CC(C)(C)c1cc(NC(=O)Nc2ccc(-n3cnc(C(N)=O)c3N)cc2)n(-c2ccc(C(F)(F)F)cc2)n1. The van der Waals surface area contributed by atoms with Gasteiger partial charge >= 0.3 is 12.2 Å². The van der Waals surface area contributed by atoms with E-state index in [1.54, 1.807) is 30.3 Å². The Bertz CT molecular complexity index is 1480. The van der Waals surface area contributed by atoms with Gasteiger partial charge in [-0.15, -0.1) is 0 Å². The highest BCUT2D eigenvalue weighted by molar-refractivity contribution is 5.99. The number of benzene rings is 2. The second-order valence-corrected chi connectivity index (χ2v) is 9.46. The normalized spacial score (nSPS) is 11.8. The van der Waals surface area contributed by atoms with Gasteiger partial charge in [0.2, 0.25) is 0 Å². The summed E-state index contributed by atoms with van der Waals surface area (Å²) < 4.78 is 41.8. The fourth-order valence-electron chi connectivity index (χ4n) is 3.56. The number of amides is 3. The lowest BCUT2D eigenvalue weighted by Gasteiger charge is -2.14. The predicted molar refractivity (Wildman–Crippen MR) is 136 cm³/mol. The van der Waals surface area contributed by atoms with Gasteiger partial charge in [0.15, 0.2) is 5.69 Å². The zero-order valence-electron chi connectivity index (χ0n) is 20.7. The van der Waals surface area contributed by atoms with Gasteiger partial charge in [0.25, 0.3) is 5.91 Å². The number of nitrogens with two attached hydrogens (primary N) is 2. The molecular formula is C25H25F3N8O2. The van der Waals surface area contributed by atoms with Gasteiger partial charge in [0.1, 0.15) is 18.0 Å². The van der Waals surface area contributed by atoms with Crippen LogP contribution in [0.1, 0.15) is 42.5 Å². The van der Waals surface area contributed by atoms with E-state index in [2.05, 4.69) is 20.7 Å². The second-order valence-electron chi connectivity index (χ2n) is 9.46. The molecule has 0 radical (unpaired) electrons. The van der Waals surface area contributed by atoms with Gasteiger partial charge in [-0.05, 0) is 48.5 Å². The molecule has 2 aromatic carbocycles. The topological polar surface area (TPSA) is 146 Å². The van der Waals surface area contributed by atoms with Gasteiger partial charge in [0, 0.05) is 22.9 Å². The Morgan fingerprint density at radius 2 is 1.53 bits per heavy atom. The molecule has 0 atom stereocenters. The smallest absolute Gasteiger partial charge is 0.383 e. The van der Waals surface area contributed by atoms with Crippen molar-refractivity contribution in [3.05, 3.63) is 77.9 Å². The molecule has 0 aliphatic rings. The molecule has 13 heteroatoms. The number of nitrogen functional groups attached to an aromatic ring is 1. The fraction of sp³-hybridized carbons (Fsp3) is 0.200. The Kier molecular flexibility index (Phi) is 6.62. The van der Waals surface area contributed by atoms with Crippen LogP contribution in [0.5, 0.6) is 0 Å². The molecular weight excluding hydrogens is 501 g/mol. The molecule has 0 saturated heterocycles. The number of rotatable bonds is 5. The molecule has 4 aromatic rings. The van der Waals surface area contributed by atoms with Crippen molar-refractivity contribution in [3.63, 3.8) is 0 Å². The minimum atomic E-state index is -4.47. The van der Waals surface area contributed by atoms with E-state index in [1.165, 1.54) is 27.7 Å². The first-order valence-corrected chi connectivity index (χ1v) is 11.3.